The fourth-order valence-electron chi connectivity index (χ4n) is 1.63. The average molecular weight is 254 g/mol. The monoisotopic (exact) mass is 254 g/mol. The van der Waals surface area contributed by atoms with Crippen LogP contribution in [0.2, 0.25) is 0 Å². The summed E-state index contributed by atoms with van der Waals surface area (Å²) in [5, 5.41) is 14.8. The number of aliphatic carboxylic acids is 1. The molecule has 1 atom stereocenters. The van der Waals surface area contributed by atoms with Gasteiger partial charge in [0.25, 0.3) is 5.91 Å². The number of thiophene rings is 1. The van der Waals surface area contributed by atoms with Gasteiger partial charge in [-0.1, -0.05) is 0 Å². The van der Waals surface area contributed by atoms with Crippen LogP contribution in [0.3, 0.4) is 0 Å². The van der Waals surface area contributed by atoms with E-state index >= 15 is 0 Å². The van der Waals surface area contributed by atoms with E-state index in [-0.39, 0.29) is 19.0 Å². The van der Waals surface area contributed by atoms with Gasteiger partial charge in [0.05, 0.1) is 5.56 Å². The number of nitrogens with zero attached hydrogens (tertiary/aromatic N) is 1. The first kappa shape index (κ1) is 11.6. The van der Waals surface area contributed by atoms with E-state index in [1.54, 1.807) is 16.8 Å². The third-order valence-electron chi connectivity index (χ3n) is 2.50. The van der Waals surface area contributed by atoms with Gasteiger partial charge in [-0.15, -0.1) is 0 Å². The molecular weight excluding hydrogens is 244 g/mol. The summed E-state index contributed by atoms with van der Waals surface area (Å²) in [4.78, 5) is 35.3. The van der Waals surface area contributed by atoms with Crippen molar-refractivity contribution in [3.63, 3.8) is 0 Å². The first-order chi connectivity index (χ1) is 8.09. The minimum Gasteiger partial charge on any atom is -0.480 e. The van der Waals surface area contributed by atoms with Crippen LogP contribution in [-0.4, -0.2) is 46.9 Å². The summed E-state index contributed by atoms with van der Waals surface area (Å²) in [5.41, 5.74) is 0.413. The van der Waals surface area contributed by atoms with Gasteiger partial charge in [-0.3, -0.25) is 9.59 Å². The van der Waals surface area contributed by atoms with Gasteiger partial charge in [0.2, 0.25) is 5.91 Å². The van der Waals surface area contributed by atoms with E-state index in [9.17, 15) is 14.4 Å². The molecule has 7 heteroatoms. The molecule has 1 aromatic rings. The lowest BCUT2D eigenvalue weighted by molar-refractivity contribution is -0.144. The lowest BCUT2D eigenvalue weighted by atomic mass is 10.1. The number of carboxylic acids is 1. The van der Waals surface area contributed by atoms with Crippen LogP contribution in [0.4, 0.5) is 0 Å². The number of carbonyl (C=O) groups excluding carboxylic acids is 2. The van der Waals surface area contributed by atoms with Gasteiger partial charge in [0.1, 0.15) is 12.6 Å². The predicted molar refractivity (Wildman–Crippen MR) is 59.8 cm³/mol. The highest BCUT2D eigenvalue weighted by molar-refractivity contribution is 7.08. The Kier molecular flexibility index (Phi) is 3.10. The summed E-state index contributed by atoms with van der Waals surface area (Å²) in [6, 6.07) is 0.610. The molecule has 1 aliphatic heterocycles. The van der Waals surface area contributed by atoms with Crippen molar-refractivity contribution in [2.24, 2.45) is 0 Å². The number of carbonyl (C=O) groups is 3. The van der Waals surface area contributed by atoms with Gasteiger partial charge in [0.15, 0.2) is 0 Å². The lowest BCUT2D eigenvalue weighted by Gasteiger charge is -2.32. The molecule has 2 heterocycles. The Hall–Kier alpha value is -1.89. The van der Waals surface area contributed by atoms with Crippen LogP contribution >= 0.6 is 11.3 Å². The number of nitrogens with one attached hydrogen (secondary N) is 1. The van der Waals surface area contributed by atoms with Crippen molar-refractivity contribution in [1.29, 1.82) is 0 Å². The topological polar surface area (TPSA) is 86.7 Å². The highest BCUT2D eigenvalue weighted by atomic mass is 32.1. The molecule has 0 bridgehead atoms. The molecule has 0 aromatic carbocycles. The smallest absolute Gasteiger partial charge is 0.328 e. The fraction of sp³-hybridized carbons (Fsp3) is 0.300. The lowest BCUT2D eigenvalue weighted by Crippen LogP contribution is -2.59. The highest BCUT2D eigenvalue weighted by Crippen LogP contribution is 2.13. The zero-order chi connectivity index (χ0) is 12.4. The van der Waals surface area contributed by atoms with E-state index in [0.29, 0.717) is 5.56 Å². The molecule has 0 radical (unpaired) electrons. The van der Waals surface area contributed by atoms with Crippen LogP contribution in [0.1, 0.15) is 10.4 Å². The Bertz CT molecular complexity index is 457. The van der Waals surface area contributed by atoms with Gasteiger partial charge in [-0.25, -0.2) is 4.79 Å². The molecule has 1 unspecified atom stereocenters. The maximum atomic E-state index is 12.0. The number of hydrogen-bond donors (Lipinski definition) is 2. The molecule has 1 saturated heterocycles. The van der Waals surface area contributed by atoms with E-state index in [1.165, 1.54) is 11.3 Å². The van der Waals surface area contributed by atoms with Crippen molar-refractivity contribution in [3.05, 3.63) is 22.4 Å². The molecule has 1 aromatic heterocycles. The SMILES string of the molecule is O=C1CN(C(=O)c2ccsc2)C(C(=O)O)CN1. The number of hydrogen-bond acceptors (Lipinski definition) is 4. The van der Waals surface area contributed by atoms with Crippen LogP contribution in [0, 0.1) is 0 Å². The molecule has 0 spiro atoms. The Labute approximate surface area is 101 Å². The summed E-state index contributed by atoms with van der Waals surface area (Å²) in [5.74, 6) is -1.88. The zero-order valence-corrected chi connectivity index (χ0v) is 9.57. The third-order valence-corrected chi connectivity index (χ3v) is 3.18. The molecule has 17 heavy (non-hydrogen) atoms. The molecular formula is C10H10N2O4S. The molecule has 0 saturated carbocycles. The van der Waals surface area contributed by atoms with Crippen LogP contribution in [-0.2, 0) is 9.59 Å². The number of piperazine rings is 1. The fourth-order valence-corrected chi connectivity index (χ4v) is 2.26. The Balaban J connectivity index is 2.23. The van der Waals surface area contributed by atoms with Crippen LogP contribution in [0.25, 0.3) is 0 Å². The van der Waals surface area contributed by atoms with Crippen molar-refractivity contribution in [2.75, 3.05) is 13.1 Å². The minimum atomic E-state index is -1.12. The normalized spacial score (nSPS) is 19.9. The number of rotatable bonds is 2. The maximum Gasteiger partial charge on any atom is 0.328 e. The highest BCUT2D eigenvalue weighted by Gasteiger charge is 2.35. The largest absolute Gasteiger partial charge is 0.480 e. The van der Waals surface area contributed by atoms with Crippen molar-refractivity contribution < 1.29 is 19.5 Å². The summed E-state index contributed by atoms with van der Waals surface area (Å²) in [6.45, 7) is -0.268. The van der Waals surface area contributed by atoms with Gasteiger partial charge in [-0.05, 0) is 11.4 Å². The number of carboxylic acid groups (broad SMARTS) is 1. The van der Waals surface area contributed by atoms with Crippen molar-refractivity contribution in [2.45, 2.75) is 6.04 Å². The van der Waals surface area contributed by atoms with E-state index in [2.05, 4.69) is 5.32 Å². The Morgan fingerprint density at radius 1 is 1.53 bits per heavy atom. The Morgan fingerprint density at radius 3 is 2.88 bits per heavy atom. The van der Waals surface area contributed by atoms with Gasteiger partial charge >= 0.3 is 5.97 Å². The molecule has 6 nitrogen and oxygen atoms in total. The standard InChI is InChI=1S/C10H10N2O4S/c13-8-4-12(7(3-11-8)10(15)16)9(14)6-1-2-17-5-6/h1-2,5,7H,3-4H2,(H,11,13)(H,15,16). The van der Waals surface area contributed by atoms with Gasteiger partial charge < -0.3 is 15.3 Å². The van der Waals surface area contributed by atoms with E-state index < -0.39 is 17.9 Å². The van der Waals surface area contributed by atoms with Gasteiger partial charge in [0, 0.05) is 11.9 Å². The van der Waals surface area contributed by atoms with Gasteiger partial charge in [-0.2, -0.15) is 11.3 Å². The second-order valence-electron chi connectivity index (χ2n) is 3.60. The number of amides is 2. The average Bonchev–Trinajstić information content (AvgIpc) is 2.80. The van der Waals surface area contributed by atoms with Crippen LogP contribution in [0.5, 0.6) is 0 Å². The molecule has 2 rings (SSSR count). The minimum absolute atomic E-state index is 0.0515. The van der Waals surface area contributed by atoms with Crippen molar-refractivity contribution in [3.8, 4) is 0 Å². The van der Waals surface area contributed by atoms with E-state index in [4.69, 9.17) is 5.11 Å². The molecule has 90 valence electrons. The molecule has 0 aliphatic carbocycles. The predicted octanol–water partition coefficient (Wildman–Crippen LogP) is -0.227. The third kappa shape index (κ3) is 2.28. The van der Waals surface area contributed by atoms with Crippen molar-refractivity contribution >= 4 is 29.1 Å². The van der Waals surface area contributed by atoms with Crippen LogP contribution < -0.4 is 5.32 Å². The second-order valence-corrected chi connectivity index (χ2v) is 4.38. The first-order valence-electron chi connectivity index (χ1n) is 4.92. The summed E-state index contributed by atoms with van der Waals surface area (Å²) in [6.07, 6.45) is 0. The Morgan fingerprint density at radius 2 is 2.29 bits per heavy atom. The second kappa shape index (κ2) is 4.54. The molecule has 2 amide bonds. The van der Waals surface area contributed by atoms with E-state index in [1.807, 2.05) is 0 Å². The summed E-state index contributed by atoms with van der Waals surface area (Å²) in [7, 11) is 0. The quantitative estimate of drug-likeness (QED) is 0.763. The molecule has 2 N–H and O–H groups in total. The molecule has 1 fully saturated rings. The van der Waals surface area contributed by atoms with Crippen LogP contribution in [0.15, 0.2) is 16.8 Å². The maximum absolute atomic E-state index is 12.0. The first-order valence-corrected chi connectivity index (χ1v) is 5.86. The van der Waals surface area contributed by atoms with Crippen molar-refractivity contribution in [1.82, 2.24) is 10.2 Å². The summed E-state index contributed by atoms with van der Waals surface area (Å²) < 4.78 is 0. The molecule has 1 aliphatic rings. The van der Waals surface area contributed by atoms with E-state index in [0.717, 1.165) is 4.90 Å². The summed E-state index contributed by atoms with van der Waals surface area (Å²) >= 11 is 1.35. The zero-order valence-electron chi connectivity index (χ0n) is 8.75.